The zero-order chi connectivity index (χ0) is 20.5. The summed E-state index contributed by atoms with van der Waals surface area (Å²) in [6.07, 6.45) is 2.15. The van der Waals surface area contributed by atoms with Gasteiger partial charge >= 0.3 is 0 Å². The van der Waals surface area contributed by atoms with Gasteiger partial charge in [-0.1, -0.05) is 25.1 Å². The highest BCUT2D eigenvalue weighted by molar-refractivity contribution is 5.81. The van der Waals surface area contributed by atoms with Crippen LogP contribution in [0.25, 0.3) is 0 Å². The molecule has 0 aliphatic rings. The van der Waals surface area contributed by atoms with E-state index in [0.29, 0.717) is 13.0 Å². The second-order valence-electron chi connectivity index (χ2n) is 7.54. The first-order valence-corrected chi connectivity index (χ1v) is 10.2. The molecule has 2 rings (SSSR count). The topological polar surface area (TPSA) is 47.6 Å². The second kappa shape index (κ2) is 10.7. The second-order valence-corrected chi connectivity index (χ2v) is 7.54. The standard InChI is InChI=1S/C24H33NO3/c1-6-23(28-22-15-18(4)14-19(5)16-22)24(26)25-13-7-8-20-9-11-21(12-10-20)27-17(2)3/h9-12,14-17,23H,6-8,13H2,1-5H3,(H,25,26). The maximum absolute atomic E-state index is 12.5. The molecule has 0 spiro atoms. The van der Waals surface area contributed by atoms with Gasteiger partial charge in [-0.3, -0.25) is 4.79 Å². The Bertz CT molecular complexity index is 733. The molecule has 1 amide bonds. The van der Waals surface area contributed by atoms with E-state index in [0.717, 1.165) is 35.5 Å². The average Bonchev–Trinajstić information content (AvgIpc) is 2.63. The van der Waals surface area contributed by atoms with E-state index in [4.69, 9.17) is 9.47 Å². The molecule has 0 bridgehead atoms. The van der Waals surface area contributed by atoms with Crippen LogP contribution in [0.2, 0.25) is 0 Å². The Kier molecular flexibility index (Phi) is 8.37. The van der Waals surface area contributed by atoms with Crippen molar-refractivity contribution in [1.82, 2.24) is 5.32 Å². The Labute approximate surface area is 169 Å². The number of hydrogen-bond acceptors (Lipinski definition) is 3. The van der Waals surface area contributed by atoms with Crippen molar-refractivity contribution < 1.29 is 14.3 Å². The van der Waals surface area contributed by atoms with Crippen LogP contribution in [0.3, 0.4) is 0 Å². The molecule has 0 aliphatic carbocycles. The lowest BCUT2D eigenvalue weighted by Gasteiger charge is -2.18. The molecule has 4 nitrogen and oxygen atoms in total. The van der Waals surface area contributed by atoms with Crippen molar-refractivity contribution in [2.24, 2.45) is 0 Å². The van der Waals surface area contributed by atoms with Crippen molar-refractivity contribution in [3.63, 3.8) is 0 Å². The van der Waals surface area contributed by atoms with Gasteiger partial charge in [-0.25, -0.2) is 0 Å². The van der Waals surface area contributed by atoms with Gasteiger partial charge in [0.1, 0.15) is 11.5 Å². The number of amides is 1. The smallest absolute Gasteiger partial charge is 0.261 e. The highest BCUT2D eigenvalue weighted by Crippen LogP contribution is 2.19. The summed E-state index contributed by atoms with van der Waals surface area (Å²) >= 11 is 0. The van der Waals surface area contributed by atoms with Crippen LogP contribution in [0.1, 0.15) is 50.3 Å². The van der Waals surface area contributed by atoms with Crippen LogP contribution in [-0.4, -0.2) is 24.7 Å². The minimum Gasteiger partial charge on any atom is -0.491 e. The summed E-state index contributed by atoms with van der Waals surface area (Å²) in [5, 5.41) is 3.00. The van der Waals surface area contributed by atoms with E-state index in [9.17, 15) is 4.79 Å². The van der Waals surface area contributed by atoms with Gasteiger partial charge in [-0.05, 0) is 87.9 Å². The maximum Gasteiger partial charge on any atom is 0.261 e. The van der Waals surface area contributed by atoms with Gasteiger partial charge < -0.3 is 14.8 Å². The Balaban J connectivity index is 1.77. The largest absolute Gasteiger partial charge is 0.491 e. The van der Waals surface area contributed by atoms with E-state index in [1.54, 1.807) is 0 Å². The molecule has 0 aromatic heterocycles. The molecule has 28 heavy (non-hydrogen) atoms. The molecule has 0 radical (unpaired) electrons. The zero-order valence-electron chi connectivity index (χ0n) is 17.7. The number of carbonyl (C=O) groups is 1. The Morgan fingerprint density at radius 3 is 2.18 bits per heavy atom. The van der Waals surface area contributed by atoms with Crippen molar-refractivity contribution in [3.8, 4) is 11.5 Å². The molecule has 0 aliphatic heterocycles. The van der Waals surface area contributed by atoms with E-state index in [1.165, 1.54) is 5.56 Å². The third kappa shape index (κ3) is 7.26. The number of rotatable bonds is 10. The van der Waals surface area contributed by atoms with Crippen LogP contribution in [0.5, 0.6) is 11.5 Å². The third-order valence-electron chi connectivity index (χ3n) is 4.37. The first kappa shape index (κ1) is 21.8. The highest BCUT2D eigenvalue weighted by Gasteiger charge is 2.18. The first-order valence-electron chi connectivity index (χ1n) is 10.2. The molecule has 0 saturated carbocycles. The predicted molar refractivity (Wildman–Crippen MR) is 114 cm³/mol. The van der Waals surface area contributed by atoms with Crippen LogP contribution >= 0.6 is 0 Å². The van der Waals surface area contributed by atoms with E-state index in [-0.39, 0.29) is 12.0 Å². The number of ether oxygens (including phenoxy) is 2. The molecule has 1 N–H and O–H groups in total. The lowest BCUT2D eigenvalue weighted by atomic mass is 10.1. The lowest BCUT2D eigenvalue weighted by Crippen LogP contribution is -2.38. The Morgan fingerprint density at radius 2 is 1.61 bits per heavy atom. The number of carbonyl (C=O) groups excluding carboxylic acids is 1. The van der Waals surface area contributed by atoms with Gasteiger partial charge in [0, 0.05) is 6.54 Å². The molecular formula is C24H33NO3. The minimum atomic E-state index is -0.464. The van der Waals surface area contributed by atoms with Gasteiger partial charge in [0.15, 0.2) is 6.10 Å². The quantitative estimate of drug-likeness (QED) is 0.588. The fraction of sp³-hybridized carbons (Fsp3) is 0.458. The molecule has 0 fully saturated rings. The number of benzene rings is 2. The maximum atomic E-state index is 12.5. The van der Waals surface area contributed by atoms with E-state index < -0.39 is 6.10 Å². The van der Waals surface area contributed by atoms with E-state index >= 15 is 0 Å². The summed E-state index contributed by atoms with van der Waals surface area (Å²) in [5.41, 5.74) is 3.51. The fourth-order valence-corrected chi connectivity index (χ4v) is 3.11. The van der Waals surface area contributed by atoms with Crippen LogP contribution in [0.4, 0.5) is 0 Å². The predicted octanol–water partition coefficient (Wildman–Crippen LogP) is 5.00. The summed E-state index contributed by atoms with van der Waals surface area (Å²) in [7, 11) is 0. The molecule has 152 valence electrons. The average molecular weight is 384 g/mol. The molecule has 2 aromatic rings. The van der Waals surface area contributed by atoms with Gasteiger partial charge in [-0.2, -0.15) is 0 Å². The van der Waals surface area contributed by atoms with Gasteiger partial charge in [0.25, 0.3) is 5.91 Å². The number of nitrogens with one attached hydrogen (secondary N) is 1. The SMILES string of the molecule is CCC(Oc1cc(C)cc(C)c1)C(=O)NCCCc1ccc(OC(C)C)cc1. The number of aryl methyl sites for hydroxylation is 3. The van der Waals surface area contributed by atoms with Gasteiger partial charge in [-0.15, -0.1) is 0 Å². The first-order chi connectivity index (χ1) is 13.4. The van der Waals surface area contributed by atoms with Crippen molar-refractivity contribution in [2.75, 3.05) is 6.54 Å². The van der Waals surface area contributed by atoms with Crippen molar-refractivity contribution >= 4 is 5.91 Å². The van der Waals surface area contributed by atoms with Crippen LogP contribution in [0.15, 0.2) is 42.5 Å². The number of hydrogen-bond donors (Lipinski definition) is 1. The normalized spacial score (nSPS) is 11.9. The molecule has 4 heteroatoms. The van der Waals surface area contributed by atoms with Crippen LogP contribution in [-0.2, 0) is 11.2 Å². The summed E-state index contributed by atoms with van der Waals surface area (Å²) < 4.78 is 11.6. The minimum absolute atomic E-state index is 0.0534. The van der Waals surface area contributed by atoms with E-state index in [1.807, 2.05) is 58.9 Å². The molecular weight excluding hydrogens is 350 g/mol. The summed E-state index contributed by atoms with van der Waals surface area (Å²) in [5.74, 6) is 1.59. The third-order valence-corrected chi connectivity index (χ3v) is 4.37. The molecule has 1 unspecified atom stereocenters. The Hall–Kier alpha value is -2.49. The molecule has 0 heterocycles. The van der Waals surface area contributed by atoms with E-state index in [2.05, 4.69) is 23.5 Å². The van der Waals surface area contributed by atoms with Crippen molar-refractivity contribution in [3.05, 3.63) is 59.2 Å². The van der Waals surface area contributed by atoms with Crippen molar-refractivity contribution in [2.45, 2.75) is 66.1 Å². The fourth-order valence-electron chi connectivity index (χ4n) is 3.11. The molecule has 1 atom stereocenters. The van der Waals surface area contributed by atoms with Crippen molar-refractivity contribution in [1.29, 1.82) is 0 Å². The highest BCUT2D eigenvalue weighted by atomic mass is 16.5. The van der Waals surface area contributed by atoms with Crippen LogP contribution in [0, 0.1) is 13.8 Å². The Morgan fingerprint density at radius 1 is 0.964 bits per heavy atom. The summed E-state index contributed by atoms with van der Waals surface area (Å²) in [4.78, 5) is 12.5. The summed E-state index contributed by atoms with van der Waals surface area (Å²) in [6, 6.07) is 14.2. The summed E-state index contributed by atoms with van der Waals surface area (Å²) in [6.45, 7) is 10.7. The zero-order valence-corrected chi connectivity index (χ0v) is 17.7. The van der Waals surface area contributed by atoms with Crippen LogP contribution < -0.4 is 14.8 Å². The van der Waals surface area contributed by atoms with Gasteiger partial charge in [0.05, 0.1) is 6.10 Å². The molecule has 0 saturated heterocycles. The van der Waals surface area contributed by atoms with Gasteiger partial charge in [0.2, 0.25) is 0 Å². The molecule has 2 aromatic carbocycles. The lowest BCUT2D eigenvalue weighted by molar-refractivity contribution is -0.128. The monoisotopic (exact) mass is 383 g/mol.